The first-order valence-electron chi connectivity index (χ1n) is 4.02. The van der Waals surface area contributed by atoms with Crippen LogP contribution in [0, 0.1) is 0 Å². The molecular formula is C10H9BrO4. The van der Waals surface area contributed by atoms with E-state index in [1.165, 1.54) is 13.2 Å². The lowest BCUT2D eigenvalue weighted by Crippen LogP contribution is -1.88. The Labute approximate surface area is 94.9 Å². The first-order valence-corrected chi connectivity index (χ1v) is 4.82. The number of hydrogen-bond acceptors (Lipinski definition) is 3. The van der Waals surface area contributed by atoms with Gasteiger partial charge in [0.15, 0.2) is 11.5 Å². The number of rotatable bonds is 3. The minimum atomic E-state index is -1.04. The van der Waals surface area contributed by atoms with Gasteiger partial charge in [0.2, 0.25) is 0 Å². The van der Waals surface area contributed by atoms with Crippen LogP contribution in [0.5, 0.6) is 11.5 Å². The maximum absolute atomic E-state index is 10.3. The average molecular weight is 273 g/mol. The molecule has 0 bridgehead atoms. The van der Waals surface area contributed by atoms with E-state index < -0.39 is 5.97 Å². The fourth-order valence-corrected chi connectivity index (χ4v) is 1.48. The number of hydrogen-bond donors (Lipinski definition) is 2. The van der Waals surface area contributed by atoms with Crippen LogP contribution in [0.15, 0.2) is 22.7 Å². The Hall–Kier alpha value is -1.49. The number of ether oxygens (including phenoxy) is 1. The Morgan fingerprint density at radius 1 is 1.53 bits per heavy atom. The van der Waals surface area contributed by atoms with Crippen molar-refractivity contribution >= 4 is 28.0 Å². The highest BCUT2D eigenvalue weighted by molar-refractivity contribution is 9.10. The zero-order chi connectivity index (χ0) is 11.4. The number of phenolic OH excluding ortho intramolecular Hbond substituents is 1. The van der Waals surface area contributed by atoms with Gasteiger partial charge in [0, 0.05) is 6.08 Å². The molecule has 0 amide bonds. The van der Waals surface area contributed by atoms with Gasteiger partial charge in [-0.2, -0.15) is 0 Å². The highest BCUT2D eigenvalue weighted by Gasteiger charge is 2.08. The van der Waals surface area contributed by atoms with Crippen LogP contribution in [-0.2, 0) is 4.79 Å². The lowest BCUT2D eigenvalue weighted by Gasteiger charge is -2.06. The number of carboxylic acids is 1. The van der Waals surface area contributed by atoms with Gasteiger partial charge in [-0.15, -0.1) is 0 Å². The van der Waals surface area contributed by atoms with E-state index in [1.54, 1.807) is 12.1 Å². The third-order valence-electron chi connectivity index (χ3n) is 1.73. The van der Waals surface area contributed by atoms with E-state index in [4.69, 9.17) is 9.84 Å². The molecule has 80 valence electrons. The van der Waals surface area contributed by atoms with Crippen LogP contribution in [0.4, 0.5) is 0 Å². The number of benzene rings is 1. The van der Waals surface area contributed by atoms with E-state index >= 15 is 0 Å². The number of phenols is 1. The number of aromatic hydroxyl groups is 1. The Morgan fingerprint density at radius 3 is 2.73 bits per heavy atom. The maximum Gasteiger partial charge on any atom is 0.328 e. The molecule has 2 N–H and O–H groups in total. The zero-order valence-electron chi connectivity index (χ0n) is 7.90. The molecule has 0 unspecified atom stereocenters. The van der Waals surface area contributed by atoms with Crippen LogP contribution < -0.4 is 4.74 Å². The van der Waals surface area contributed by atoms with E-state index in [1.807, 2.05) is 0 Å². The van der Waals surface area contributed by atoms with E-state index in [0.29, 0.717) is 15.8 Å². The van der Waals surface area contributed by atoms with Gasteiger partial charge in [-0.25, -0.2) is 4.79 Å². The van der Waals surface area contributed by atoms with Gasteiger partial charge in [0.25, 0.3) is 0 Å². The summed E-state index contributed by atoms with van der Waals surface area (Å²) in [5.41, 5.74) is 0.565. The second kappa shape index (κ2) is 4.84. The number of methoxy groups -OCH3 is 1. The zero-order valence-corrected chi connectivity index (χ0v) is 9.48. The predicted octanol–water partition coefficient (Wildman–Crippen LogP) is 2.26. The monoisotopic (exact) mass is 272 g/mol. The van der Waals surface area contributed by atoms with Gasteiger partial charge in [-0.05, 0) is 39.7 Å². The lowest BCUT2D eigenvalue weighted by molar-refractivity contribution is -0.131. The van der Waals surface area contributed by atoms with Crippen molar-refractivity contribution in [3.63, 3.8) is 0 Å². The summed E-state index contributed by atoms with van der Waals surface area (Å²) >= 11 is 3.15. The first kappa shape index (κ1) is 11.6. The van der Waals surface area contributed by atoms with Gasteiger partial charge in [-0.1, -0.05) is 0 Å². The van der Waals surface area contributed by atoms with Gasteiger partial charge in [-0.3, -0.25) is 0 Å². The number of carbonyl (C=O) groups is 1. The van der Waals surface area contributed by atoms with Crippen molar-refractivity contribution in [1.82, 2.24) is 0 Å². The highest BCUT2D eigenvalue weighted by Crippen LogP contribution is 2.36. The molecule has 1 aromatic rings. The number of carboxylic acid groups (broad SMARTS) is 1. The molecule has 4 nitrogen and oxygen atoms in total. The Morgan fingerprint density at radius 2 is 2.20 bits per heavy atom. The first-order chi connectivity index (χ1) is 7.06. The summed E-state index contributed by atoms with van der Waals surface area (Å²) in [6.45, 7) is 0. The van der Waals surface area contributed by atoms with Crippen molar-refractivity contribution in [3.8, 4) is 11.5 Å². The standard InChI is InChI=1S/C10H9BrO4/c1-15-7-4-2-6(3-5-8(12)13)9(11)10(7)14/h2-5,14H,1H3,(H,12,13)/b5-3+. The second-order valence-corrected chi connectivity index (χ2v) is 3.48. The predicted molar refractivity (Wildman–Crippen MR) is 59.0 cm³/mol. The van der Waals surface area contributed by atoms with Crippen LogP contribution in [0.3, 0.4) is 0 Å². The molecule has 0 fully saturated rings. The van der Waals surface area contributed by atoms with Gasteiger partial charge in [0.05, 0.1) is 11.6 Å². The van der Waals surface area contributed by atoms with Crippen LogP contribution in [0.2, 0.25) is 0 Å². The summed E-state index contributed by atoms with van der Waals surface area (Å²) in [7, 11) is 1.44. The smallest absolute Gasteiger partial charge is 0.328 e. The van der Waals surface area contributed by atoms with E-state index in [-0.39, 0.29) is 5.75 Å². The summed E-state index contributed by atoms with van der Waals surface area (Å²) in [6.07, 6.45) is 2.37. The largest absolute Gasteiger partial charge is 0.503 e. The number of aliphatic carboxylic acids is 1. The maximum atomic E-state index is 10.3. The molecule has 0 radical (unpaired) electrons. The Bertz CT molecular complexity index is 412. The van der Waals surface area contributed by atoms with E-state index in [9.17, 15) is 9.90 Å². The quantitative estimate of drug-likeness (QED) is 0.829. The molecule has 1 aromatic carbocycles. The van der Waals surface area contributed by atoms with Crippen molar-refractivity contribution in [2.75, 3.05) is 7.11 Å². The second-order valence-electron chi connectivity index (χ2n) is 2.69. The fourth-order valence-electron chi connectivity index (χ4n) is 1.02. The van der Waals surface area contributed by atoms with Crippen LogP contribution in [-0.4, -0.2) is 23.3 Å². The summed E-state index contributed by atoms with van der Waals surface area (Å²) < 4.78 is 5.29. The summed E-state index contributed by atoms with van der Waals surface area (Å²) in [5.74, 6) is -0.767. The molecule has 1 rings (SSSR count). The molecule has 0 saturated carbocycles. The molecule has 15 heavy (non-hydrogen) atoms. The average Bonchev–Trinajstić information content (AvgIpc) is 2.20. The van der Waals surface area contributed by atoms with Gasteiger partial charge >= 0.3 is 5.97 Å². The summed E-state index contributed by atoms with van der Waals surface area (Å²) in [6, 6.07) is 3.20. The van der Waals surface area contributed by atoms with E-state index in [0.717, 1.165) is 6.08 Å². The van der Waals surface area contributed by atoms with Crippen LogP contribution in [0.25, 0.3) is 6.08 Å². The number of halogens is 1. The minimum Gasteiger partial charge on any atom is -0.503 e. The van der Waals surface area contributed by atoms with Crippen LogP contribution in [0.1, 0.15) is 5.56 Å². The van der Waals surface area contributed by atoms with Crippen molar-refractivity contribution in [2.24, 2.45) is 0 Å². The summed E-state index contributed by atoms with van der Waals surface area (Å²) in [4.78, 5) is 10.3. The highest BCUT2D eigenvalue weighted by atomic mass is 79.9. The van der Waals surface area contributed by atoms with Crippen LogP contribution >= 0.6 is 15.9 Å². The molecule has 0 aliphatic rings. The normalized spacial score (nSPS) is 10.5. The van der Waals surface area contributed by atoms with Crippen molar-refractivity contribution in [1.29, 1.82) is 0 Å². The third-order valence-corrected chi connectivity index (χ3v) is 2.57. The Kier molecular flexibility index (Phi) is 3.74. The van der Waals surface area contributed by atoms with Crippen molar-refractivity contribution in [3.05, 3.63) is 28.2 Å². The molecule has 0 heterocycles. The fraction of sp³-hybridized carbons (Fsp3) is 0.100. The molecule has 0 aliphatic carbocycles. The summed E-state index contributed by atoms with van der Waals surface area (Å²) in [5, 5.41) is 18.0. The molecule has 0 saturated heterocycles. The van der Waals surface area contributed by atoms with E-state index in [2.05, 4.69) is 15.9 Å². The molecule has 0 atom stereocenters. The molecule has 0 aliphatic heterocycles. The minimum absolute atomic E-state index is 0.0509. The Balaban J connectivity index is 3.12. The molecule has 5 heteroatoms. The molecule has 0 aromatic heterocycles. The van der Waals surface area contributed by atoms with Crippen molar-refractivity contribution < 1.29 is 19.7 Å². The topological polar surface area (TPSA) is 66.8 Å². The van der Waals surface area contributed by atoms with Crippen molar-refractivity contribution in [2.45, 2.75) is 0 Å². The molecular weight excluding hydrogens is 264 g/mol. The molecule has 0 spiro atoms. The SMILES string of the molecule is COc1ccc(/C=C/C(=O)O)c(Br)c1O. The van der Waals surface area contributed by atoms with Gasteiger partial charge in [0.1, 0.15) is 0 Å². The van der Waals surface area contributed by atoms with Gasteiger partial charge < -0.3 is 14.9 Å². The lowest BCUT2D eigenvalue weighted by atomic mass is 10.2. The third kappa shape index (κ3) is 2.73.